The van der Waals surface area contributed by atoms with Crippen molar-refractivity contribution in [2.45, 2.75) is 24.9 Å². The molecular weight excluding hydrogens is 142 g/mol. The summed E-state index contributed by atoms with van der Waals surface area (Å²) >= 11 is 0. The third-order valence-electron chi connectivity index (χ3n) is 2.31. The van der Waals surface area contributed by atoms with E-state index < -0.39 is 0 Å². The second-order valence-electron chi connectivity index (χ2n) is 3.04. The summed E-state index contributed by atoms with van der Waals surface area (Å²) in [6, 6.07) is 1.19. The molecule has 2 rings (SSSR count). The molecule has 1 unspecified atom stereocenters. The number of ether oxygens (including phenoxy) is 1. The first kappa shape index (κ1) is 6.85. The molecule has 0 aromatic rings. The second kappa shape index (κ2) is 2.34. The van der Waals surface area contributed by atoms with Gasteiger partial charge in [0.05, 0.1) is 7.11 Å². The van der Waals surface area contributed by atoms with Gasteiger partial charge < -0.3 is 10.1 Å². The Morgan fingerprint density at radius 2 is 2.55 bits per heavy atom. The van der Waals surface area contributed by atoms with E-state index in [0.717, 1.165) is 18.4 Å². The van der Waals surface area contributed by atoms with Crippen LogP contribution >= 0.6 is 0 Å². The van der Waals surface area contributed by atoms with E-state index in [1.807, 2.05) is 6.08 Å². The van der Waals surface area contributed by atoms with Gasteiger partial charge in [0.15, 0.2) is 0 Å². The summed E-state index contributed by atoms with van der Waals surface area (Å²) in [5.74, 6) is -0.169. The fraction of sp³-hybridized carbons (Fsp3) is 0.625. The van der Waals surface area contributed by atoms with Crippen LogP contribution in [0.2, 0.25) is 0 Å². The van der Waals surface area contributed by atoms with Crippen LogP contribution in [0.1, 0.15) is 12.8 Å². The summed E-state index contributed by atoms with van der Waals surface area (Å²) in [7, 11) is 1.43. The molecule has 1 fully saturated rings. The predicted molar refractivity (Wildman–Crippen MR) is 40.0 cm³/mol. The number of carbonyl (C=O) groups excluding carboxylic acids is 1. The first-order valence-electron chi connectivity index (χ1n) is 3.84. The van der Waals surface area contributed by atoms with Gasteiger partial charge in [-0.25, -0.2) is 4.79 Å². The van der Waals surface area contributed by atoms with Gasteiger partial charge in [0.1, 0.15) is 0 Å². The molecule has 1 aliphatic heterocycles. The van der Waals surface area contributed by atoms with Crippen LogP contribution in [0.15, 0.2) is 11.6 Å². The van der Waals surface area contributed by atoms with Crippen molar-refractivity contribution in [3.05, 3.63) is 11.6 Å². The number of fused-ring (bicyclic) bond motifs is 1. The summed E-state index contributed by atoms with van der Waals surface area (Å²) < 4.78 is 4.62. The summed E-state index contributed by atoms with van der Waals surface area (Å²) in [5.41, 5.74) is 0.832. The van der Waals surface area contributed by atoms with Gasteiger partial charge in [-0.15, -0.1) is 0 Å². The molecule has 0 aromatic heterocycles. The number of methoxy groups -OCH3 is 1. The van der Waals surface area contributed by atoms with Crippen LogP contribution in [0, 0.1) is 0 Å². The van der Waals surface area contributed by atoms with E-state index in [4.69, 9.17) is 0 Å². The minimum absolute atomic E-state index is 0.169. The Bertz CT molecular complexity index is 222. The predicted octanol–water partition coefficient (Wildman–Crippen LogP) is 0.220. The van der Waals surface area contributed by atoms with E-state index in [0.29, 0.717) is 12.1 Å². The van der Waals surface area contributed by atoms with Crippen molar-refractivity contribution in [2.24, 2.45) is 0 Å². The summed E-state index contributed by atoms with van der Waals surface area (Å²) in [5, 5.41) is 3.28. The monoisotopic (exact) mass is 153 g/mol. The van der Waals surface area contributed by atoms with E-state index in [9.17, 15) is 4.79 Å². The Labute approximate surface area is 65.4 Å². The van der Waals surface area contributed by atoms with Crippen LogP contribution in [0.25, 0.3) is 0 Å². The highest BCUT2D eigenvalue weighted by Crippen LogP contribution is 2.28. The van der Waals surface area contributed by atoms with E-state index in [2.05, 4.69) is 10.1 Å². The number of nitrogens with one attached hydrogen (secondary N) is 1. The normalized spacial score (nSPS) is 33.7. The molecule has 1 saturated heterocycles. The zero-order chi connectivity index (χ0) is 7.84. The molecule has 0 saturated carbocycles. The van der Waals surface area contributed by atoms with E-state index in [-0.39, 0.29) is 5.97 Å². The minimum Gasteiger partial charge on any atom is -0.466 e. The van der Waals surface area contributed by atoms with Crippen LogP contribution in [0.4, 0.5) is 0 Å². The maximum Gasteiger partial charge on any atom is 0.333 e. The topological polar surface area (TPSA) is 48.2 Å². The number of carbonyl (C=O) groups is 1. The fourth-order valence-corrected chi connectivity index (χ4v) is 1.54. The number of hydrogen-bond acceptors (Lipinski definition) is 3. The van der Waals surface area contributed by atoms with Crippen molar-refractivity contribution in [2.75, 3.05) is 7.11 Å². The third kappa shape index (κ3) is 1.16. The largest absolute Gasteiger partial charge is 0.466 e. The quantitative estimate of drug-likeness (QED) is 0.433. The zero-order valence-electron chi connectivity index (χ0n) is 6.46. The molecule has 60 valence electrons. The Morgan fingerprint density at radius 3 is 3.18 bits per heavy atom. The lowest BCUT2D eigenvalue weighted by molar-refractivity contribution is -0.136. The van der Waals surface area contributed by atoms with Crippen molar-refractivity contribution in [3.8, 4) is 0 Å². The number of rotatable bonds is 1. The SMILES string of the molecule is COC(=O)C1=CC[C@@H]2NC2C1. The molecule has 1 aliphatic carbocycles. The molecule has 1 heterocycles. The highest BCUT2D eigenvalue weighted by atomic mass is 16.5. The molecule has 1 N–H and O–H groups in total. The minimum atomic E-state index is -0.169. The van der Waals surface area contributed by atoms with Crippen molar-refractivity contribution in [1.29, 1.82) is 0 Å². The summed E-state index contributed by atoms with van der Waals surface area (Å²) in [6.07, 6.45) is 3.80. The molecule has 0 amide bonds. The Morgan fingerprint density at radius 1 is 1.73 bits per heavy atom. The van der Waals surface area contributed by atoms with Gasteiger partial charge in [0.2, 0.25) is 0 Å². The van der Waals surface area contributed by atoms with Gasteiger partial charge >= 0.3 is 5.97 Å². The standard InChI is InChI=1S/C8H11NO2/c1-11-8(10)5-2-3-6-7(4-5)9-6/h2,6-7,9H,3-4H2,1H3/t6-,7?/m0/s1. The van der Waals surface area contributed by atoms with E-state index in [1.165, 1.54) is 7.11 Å². The molecule has 0 bridgehead atoms. The highest BCUT2D eigenvalue weighted by molar-refractivity contribution is 5.88. The van der Waals surface area contributed by atoms with Gasteiger partial charge in [-0.1, -0.05) is 6.08 Å². The maximum absolute atomic E-state index is 11.0. The number of hydrogen-bond donors (Lipinski definition) is 1. The van der Waals surface area contributed by atoms with Gasteiger partial charge in [0, 0.05) is 17.7 Å². The lowest BCUT2D eigenvalue weighted by Crippen LogP contribution is -2.11. The van der Waals surface area contributed by atoms with Crippen LogP contribution in [-0.4, -0.2) is 25.2 Å². The maximum atomic E-state index is 11.0. The van der Waals surface area contributed by atoms with Crippen molar-refractivity contribution in [3.63, 3.8) is 0 Å². The van der Waals surface area contributed by atoms with Crippen LogP contribution in [0.5, 0.6) is 0 Å². The first-order chi connectivity index (χ1) is 5.31. The molecule has 0 spiro atoms. The lowest BCUT2D eigenvalue weighted by Gasteiger charge is -2.07. The average Bonchev–Trinajstić information content (AvgIpc) is 2.80. The Balaban J connectivity index is 2.03. The second-order valence-corrected chi connectivity index (χ2v) is 3.04. The van der Waals surface area contributed by atoms with Crippen molar-refractivity contribution >= 4 is 5.97 Å². The van der Waals surface area contributed by atoms with Crippen molar-refractivity contribution in [1.82, 2.24) is 5.32 Å². The van der Waals surface area contributed by atoms with E-state index in [1.54, 1.807) is 0 Å². The lowest BCUT2D eigenvalue weighted by atomic mass is 10.00. The van der Waals surface area contributed by atoms with Gasteiger partial charge in [0.25, 0.3) is 0 Å². The number of esters is 1. The molecule has 11 heavy (non-hydrogen) atoms. The van der Waals surface area contributed by atoms with Crippen LogP contribution in [0.3, 0.4) is 0 Å². The summed E-state index contributed by atoms with van der Waals surface area (Å²) in [6.45, 7) is 0. The molecule has 3 heteroatoms. The molecule has 0 aromatic carbocycles. The molecule has 2 atom stereocenters. The van der Waals surface area contributed by atoms with Crippen molar-refractivity contribution < 1.29 is 9.53 Å². The summed E-state index contributed by atoms with van der Waals surface area (Å²) in [4.78, 5) is 11.0. The first-order valence-corrected chi connectivity index (χ1v) is 3.84. The Hall–Kier alpha value is -0.830. The fourth-order valence-electron chi connectivity index (χ4n) is 1.54. The molecule has 0 radical (unpaired) electrons. The molecule has 2 aliphatic rings. The van der Waals surface area contributed by atoms with Crippen LogP contribution in [-0.2, 0) is 9.53 Å². The van der Waals surface area contributed by atoms with Gasteiger partial charge in [-0.05, 0) is 12.8 Å². The Kier molecular flexibility index (Phi) is 1.46. The van der Waals surface area contributed by atoms with Gasteiger partial charge in [-0.3, -0.25) is 0 Å². The van der Waals surface area contributed by atoms with E-state index >= 15 is 0 Å². The third-order valence-corrected chi connectivity index (χ3v) is 2.31. The highest BCUT2D eigenvalue weighted by Gasteiger charge is 2.39. The van der Waals surface area contributed by atoms with Crippen LogP contribution < -0.4 is 5.32 Å². The zero-order valence-corrected chi connectivity index (χ0v) is 6.46. The average molecular weight is 153 g/mol. The smallest absolute Gasteiger partial charge is 0.333 e. The molecule has 3 nitrogen and oxygen atoms in total. The van der Waals surface area contributed by atoms with Gasteiger partial charge in [-0.2, -0.15) is 0 Å². The molecular formula is C8H11NO2.